The second-order valence-electron chi connectivity index (χ2n) is 7.95. The molecule has 0 spiro atoms. The third-order valence-corrected chi connectivity index (χ3v) is 5.64. The topological polar surface area (TPSA) is 142 Å². The number of rotatable bonds is 15. The highest BCUT2D eigenvalue weighted by Crippen LogP contribution is 2.26. The molecule has 3 aromatic rings. The van der Waals surface area contributed by atoms with E-state index < -0.39 is 12.1 Å². The molecule has 35 heavy (non-hydrogen) atoms. The van der Waals surface area contributed by atoms with Crippen molar-refractivity contribution in [3.8, 4) is 0 Å². The number of hydrogen-bond donors (Lipinski definition) is 2. The van der Waals surface area contributed by atoms with Crippen LogP contribution >= 0.6 is 0 Å². The van der Waals surface area contributed by atoms with E-state index in [0.717, 1.165) is 23.2 Å². The average molecular weight is 475 g/mol. The van der Waals surface area contributed by atoms with Crippen LogP contribution in [0, 0.1) is 19.6 Å². The smallest absolute Gasteiger partial charge is 0.134 e. The molecule has 180 valence electrons. The van der Waals surface area contributed by atoms with Crippen molar-refractivity contribution in [1.29, 1.82) is 0 Å². The van der Waals surface area contributed by atoms with Crippen molar-refractivity contribution >= 4 is 11.4 Å². The summed E-state index contributed by atoms with van der Waals surface area (Å²) in [6.07, 6.45) is 0.739. The molecule has 3 rings (SSSR count). The van der Waals surface area contributed by atoms with E-state index >= 15 is 0 Å². The molecule has 0 amide bonds. The molecule has 10 nitrogen and oxygen atoms in total. The Morgan fingerprint density at radius 1 is 0.743 bits per heavy atom. The lowest BCUT2D eigenvalue weighted by molar-refractivity contribution is 0.597. The summed E-state index contributed by atoms with van der Waals surface area (Å²) in [5.74, 6) is 0. The highest BCUT2D eigenvalue weighted by molar-refractivity contribution is 5.48. The minimum Gasteiger partial charge on any atom is -0.382 e. The maximum Gasteiger partial charge on any atom is 0.134 e. The van der Waals surface area contributed by atoms with Gasteiger partial charge in [-0.15, -0.1) is 4.91 Å². The summed E-state index contributed by atoms with van der Waals surface area (Å²) in [6, 6.07) is 20.8. The second-order valence-corrected chi connectivity index (χ2v) is 7.95. The maximum atomic E-state index is 11.4. The summed E-state index contributed by atoms with van der Waals surface area (Å²) >= 11 is 0. The molecule has 3 aromatic carbocycles. The second kappa shape index (κ2) is 13.5. The van der Waals surface area contributed by atoms with Crippen molar-refractivity contribution in [3.63, 3.8) is 0 Å². The first-order valence-electron chi connectivity index (χ1n) is 11.2. The van der Waals surface area contributed by atoms with Gasteiger partial charge in [0.2, 0.25) is 0 Å². The zero-order valence-corrected chi connectivity index (χ0v) is 19.0. The van der Waals surface area contributed by atoms with Gasteiger partial charge >= 0.3 is 0 Å². The van der Waals surface area contributed by atoms with E-state index in [1.807, 2.05) is 54.6 Å². The van der Waals surface area contributed by atoms with E-state index in [4.69, 9.17) is 0 Å². The van der Waals surface area contributed by atoms with Crippen LogP contribution in [0.1, 0.15) is 34.3 Å². The van der Waals surface area contributed by atoms with E-state index in [2.05, 4.69) is 31.3 Å². The summed E-state index contributed by atoms with van der Waals surface area (Å²) in [7, 11) is 0. The number of hydrogen-bond acceptors (Lipinski definition) is 10. The van der Waals surface area contributed by atoms with E-state index in [9.17, 15) is 19.6 Å². The van der Waals surface area contributed by atoms with Crippen LogP contribution in [0.25, 0.3) is 0 Å². The van der Waals surface area contributed by atoms with Crippen molar-refractivity contribution in [2.75, 3.05) is 25.0 Å². The monoisotopic (exact) mass is 474 g/mol. The average Bonchev–Trinajstić information content (AvgIpc) is 2.90. The van der Waals surface area contributed by atoms with Crippen molar-refractivity contribution in [1.82, 2.24) is 5.32 Å². The third-order valence-electron chi connectivity index (χ3n) is 5.64. The lowest BCUT2D eigenvalue weighted by Crippen LogP contribution is -2.23. The molecule has 2 atom stereocenters. The lowest BCUT2D eigenvalue weighted by atomic mass is 10.0. The van der Waals surface area contributed by atoms with Crippen LogP contribution in [0.5, 0.6) is 0 Å². The fourth-order valence-electron chi connectivity index (χ4n) is 3.68. The van der Waals surface area contributed by atoms with Crippen LogP contribution in [0.3, 0.4) is 0 Å². The number of benzene rings is 3. The Morgan fingerprint density at radius 2 is 1.46 bits per heavy atom. The molecule has 0 aromatic heterocycles. The molecule has 0 unspecified atom stereocenters. The van der Waals surface area contributed by atoms with Crippen molar-refractivity contribution in [3.05, 3.63) is 115 Å². The molecule has 0 aliphatic rings. The van der Waals surface area contributed by atoms with Crippen LogP contribution in [-0.2, 0) is 13.0 Å². The Bertz CT molecular complexity index is 1120. The summed E-state index contributed by atoms with van der Waals surface area (Å²) in [6.45, 7) is 1.14. The van der Waals surface area contributed by atoms with Gasteiger partial charge in [0.05, 0.1) is 0 Å². The summed E-state index contributed by atoms with van der Waals surface area (Å²) in [5, 5.41) is 18.5. The molecule has 0 heterocycles. The Labute approximate surface area is 202 Å². The van der Waals surface area contributed by atoms with E-state index in [1.165, 1.54) is 6.07 Å². The standard InChI is InChI=1S/C25H26N6O4/c32-28-15-21-14-20(8-11-23(21)29-33)24(30-34)16-26-13-12-18-6-9-22(10-7-18)27-17-25(31-35)19-4-2-1-3-5-19/h1-11,14,24-27H,12-13,15-17H2/t24-,25+/m0/s1. The highest BCUT2D eigenvalue weighted by atomic mass is 16.3. The van der Waals surface area contributed by atoms with Gasteiger partial charge in [0, 0.05) is 24.3 Å². The Hall–Kier alpha value is -4.18. The number of anilines is 1. The van der Waals surface area contributed by atoms with Crippen molar-refractivity contribution < 1.29 is 0 Å². The number of nitroso groups, excluding NO2 is 4. The minimum absolute atomic E-state index is 0.127. The summed E-state index contributed by atoms with van der Waals surface area (Å²) < 4.78 is 0. The number of nitrogens with one attached hydrogen (secondary N) is 2. The SMILES string of the molecule is O=NCc1cc([C@H](CNCCc2ccc(NC[C@@H](N=O)c3ccccc3)cc2)N=O)ccc1N=O. The first-order valence-corrected chi connectivity index (χ1v) is 11.2. The third kappa shape index (κ3) is 7.41. The predicted molar refractivity (Wildman–Crippen MR) is 136 cm³/mol. The first kappa shape index (κ1) is 25.4. The molecule has 0 bridgehead atoms. The molecule has 0 saturated carbocycles. The molecule has 0 saturated heterocycles. The summed E-state index contributed by atoms with van der Waals surface area (Å²) in [4.78, 5) is 44.0. The zero-order valence-electron chi connectivity index (χ0n) is 19.0. The minimum atomic E-state index is -0.670. The van der Waals surface area contributed by atoms with Gasteiger partial charge in [-0.2, -0.15) is 14.7 Å². The van der Waals surface area contributed by atoms with E-state index in [0.29, 0.717) is 30.8 Å². The quantitative estimate of drug-likeness (QED) is 0.207. The van der Waals surface area contributed by atoms with Gasteiger partial charge in [-0.1, -0.05) is 64.1 Å². The Morgan fingerprint density at radius 3 is 2.11 bits per heavy atom. The first-order chi connectivity index (χ1) is 17.2. The van der Waals surface area contributed by atoms with Crippen molar-refractivity contribution in [2.45, 2.75) is 25.0 Å². The molecule has 0 radical (unpaired) electrons. The largest absolute Gasteiger partial charge is 0.382 e. The predicted octanol–water partition coefficient (Wildman–Crippen LogP) is 5.91. The van der Waals surface area contributed by atoms with Crippen LogP contribution in [0.4, 0.5) is 11.4 Å². The maximum absolute atomic E-state index is 11.4. The molecule has 10 heteroatoms. The molecular weight excluding hydrogens is 448 g/mol. The van der Waals surface area contributed by atoms with E-state index in [1.54, 1.807) is 12.1 Å². The van der Waals surface area contributed by atoms with Gasteiger partial charge in [-0.3, -0.25) is 0 Å². The van der Waals surface area contributed by atoms with Gasteiger partial charge in [-0.25, -0.2) is 0 Å². The molecule has 2 N–H and O–H groups in total. The van der Waals surface area contributed by atoms with E-state index in [-0.39, 0.29) is 12.2 Å². The van der Waals surface area contributed by atoms with Gasteiger partial charge < -0.3 is 10.6 Å². The molecule has 0 aliphatic carbocycles. The molecule has 0 fully saturated rings. The van der Waals surface area contributed by atoms with Crippen molar-refractivity contribution in [2.24, 2.45) is 20.7 Å². The fourth-order valence-corrected chi connectivity index (χ4v) is 3.68. The van der Waals surface area contributed by atoms with Gasteiger partial charge in [0.15, 0.2) is 0 Å². The van der Waals surface area contributed by atoms with Crippen LogP contribution in [0.15, 0.2) is 93.5 Å². The normalized spacial score (nSPS) is 12.3. The Balaban J connectivity index is 1.46. The van der Waals surface area contributed by atoms with Gasteiger partial charge in [0.1, 0.15) is 24.3 Å². The highest BCUT2D eigenvalue weighted by Gasteiger charge is 2.15. The zero-order chi connectivity index (χ0) is 24.9. The van der Waals surface area contributed by atoms with Gasteiger partial charge in [0.25, 0.3) is 0 Å². The number of nitrogens with zero attached hydrogens (tertiary/aromatic N) is 4. The van der Waals surface area contributed by atoms with Crippen LogP contribution < -0.4 is 10.6 Å². The van der Waals surface area contributed by atoms with Crippen LogP contribution in [-0.4, -0.2) is 19.6 Å². The fraction of sp³-hybridized carbons (Fsp3) is 0.280. The summed E-state index contributed by atoms with van der Waals surface area (Å²) in [5.41, 5.74) is 3.95. The van der Waals surface area contributed by atoms with Crippen LogP contribution in [0.2, 0.25) is 0 Å². The van der Waals surface area contributed by atoms with Gasteiger partial charge in [-0.05, 0) is 59.1 Å². The lowest BCUT2D eigenvalue weighted by Gasteiger charge is -2.13. The molecular formula is C25H26N6O4. The molecule has 0 aliphatic heterocycles. The Kier molecular flexibility index (Phi) is 9.82.